The number of nitrogen functional groups attached to an aromatic ring is 1. The average Bonchev–Trinajstić information content (AvgIpc) is 2.24. The number of anilines is 1. The summed E-state index contributed by atoms with van der Waals surface area (Å²) in [6, 6.07) is 7.60. The molecule has 1 rings (SSSR count). The molecule has 0 aromatic heterocycles. The first kappa shape index (κ1) is 12.5. The lowest BCUT2D eigenvalue weighted by atomic mass is 10.1. The molecule has 4 nitrogen and oxygen atoms in total. The Morgan fingerprint density at radius 1 is 1.44 bits per heavy atom. The lowest BCUT2D eigenvalue weighted by Gasteiger charge is -2.08. The van der Waals surface area contributed by atoms with Gasteiger partial charge < -0.3 is 15.5 Å². The number of oxime groups is 1. The smallest absolute Gasteiger partial charge is 0.129 e. The summed E-state index contributed by atoms with van der Waals surface area (Å²) in [4.78, 5) is 7.25. The predicted octanol–water partition coefficient (Wildman–Crippen LogP) is 1.57. The van der Waals surface area contributed by atoms with Crippen molar-refractivity contribution in [1.82, 2.24) is 4.90 Å². The van der Waals surface area contributed by atoms with Crippen LogP contribution in [0.15, 0.2) is 29.4 Å². The van der Waals surface area contributed by atoms with Crippen LogP contribution in [0.3, 0.4) is 0 Å². The van der Waals surface area contributed by atoms with Crippen molar-refractivity contribution in [2.24, 2.45) is 5.16 Å². The maximum Gasteiger partial charge on any atom is 0.129 e. The van der Waals surface area contributed by atoms with Crippen LogP contribution in [0.1, 0.15) is 12.5 Å². The first-order valence-corrected chi connectivity index (χ1v) is 5.27. The van der Waals surface area contributed by atoms with E-state index in [0.29, 0.717) is 6.61 Å². The van der Waals surface area contributed by atoms with Crippen molar-refractivity contribution in [2.75, 3.05) is 33.0 Å². The fourth-order valence-electron chi connectivity index (χ4n) is 1.18. The van der Waals surface area contributed by atoms with E-state index in [4.69, 9.17) is 10.6 Å². The van der Waals surface area contributed by atoms with E-state index < -0.39 is 0 Å². The largest absolute Gasteiger partial charge is 0.399 e. The summed E-state index contributed by atoms with van der Waals surface area (Å²) >= 11 is 0. The quantitative estimate of drug-likeness (QED) is 0.355. The standard InChI is InChI=1S/C12H19N3O/c1-10(14-16-8-7-15(2)3)11-5-4-6-12(13)9-11/h4-6,9H,7-8,13H2,1-3H3/b14-10+. The lowest BCUT2D eigenvalue weighted by Crippen LogP contribution is -2.17. The third-order valence-corrected chi connectivity index (χ3v) is 2.14. The van der Waals surface area contributed by atoms with Gasteiger partial charge in [0.2, 0.25) is 0 Å². The van der Waals surface area contributed by atoms with Gasteiger partial charge in [-0.3, -0.25) is 0 Å². The van der Waals surface area contributed by atoms with Crippen molar-refractivity contribution >= 4 is 11.4 Å². The molecular formula is C12H19N3O. The average molecular weight is 221 g/mol. The second-order valence-electron chi connectivity index (χ2n) is 3.94. The second kappa shape index (κ2) is 6.12. The maximum atomic E-state index is 5.69. The van der Waals surface area contributed by atoms with Crippen LogP contribution in [0.5, 0.6) is 0 Å². The zero-order valence-electron chi connectivity index (χ0n) is 10.1. The van der Waals surface area contributed by atoms with Gasteiger partial charge in [-0.15, -0.1) is 0 Å². The van der Waals surface area contributed by atoms with E-state index >= 15 is 0 Å². The summed E-state index contributed by atoms with van der Waals surface area (Å²) in [5.41, 5.74) is 8.25. The molecule has 88 valence electrons. The molecular weight excluding hydrogens is 202 g/mol. The molecule has 0 aliphatic heterocycles. The number of nitrogens with two attached hydrogens (primary N) is 1. The number of benzene rings is 1. The summed E-state index contributed by atoms with van der Waals surface area (Å²) in [7, 11) is 4.00. The number of hydrogen-bond donors (Lipinski definition) is 1. The third-order valence-electron chi connectivity index (χ3n) is 2.14. The monoisotopic (exact) mass is 221 g/mol. The molecule has 1 aromatic rings. The highest BCUT2D eigenvalue weighted by Crippen LogP contribution is 2.07. The molecule has 0 amide bonds. The van der Waals surface area contributed by atoms with Gasteiger partial charge in [0.25, 0.3) is 0 Å². The third kappa shape index (κ3) is 4.31. The summed E-state index contributed by atoms with van der Waals surface area (Å²) < 4.78 is 0. The fraction of sp³-hybridized carbons (Fsp3) is 0.417. The van der Waals surface area contributed by atoms with Gasteiger partial charge in [0, 0.05) is 17.8 Å². The Labute approximate surface area is 96.7 Å². The number of hydrogen-bond acceptors (Lipinski definition) is 4. The molecule has 2 N–H and O–H groups in total. The SMILES string of the molecule is C/C(=N\OCCN(C)C)c1cccc(N)c1. The Balaban J connectivity index is 2.50. The Morgan fingerprint density at radius 3 is 2.81 bits per heavy atom. The minimum atomic E-state index is 0.590. The van der Waals surface area contributed by atoms with Crippen LogP contribution in [0.25, 0.3) is 0 Å². The number of likely N-dealkylation sites (N-methyl/N-ethyl adjacent to an activating group) is 1. The van der Waals surface area contributed by atoms with Crippen LogP contribution < -0.4 is 5.73 Å². The van der Waals surface area contributed by atoms with Gasteiger partial charge in [-0.2, -0.15) is 0 Å². The van der Waals surface area contributed by atoms with Gasteiger partial charge in [-0.1, -0.05) is 17.3 Å². The predicted molar refractivity (Wildman–Crippen MR) is 67.6 cm³/mol. The molecule has 0 radical (unpaired) electrons. The number of nitrogens with zero attached hydrogens (tertiary/aromatic N) is 2. The van der Waals surface area contributed by atoms with E-state index in [1.165, 1.54) is 0 Å². The molecule has 0 unspecified atom stereocenters. The van der Waals surface area contributed by atoms with E-state index in [1.54, 1.807) is 0 Å². The molecule has 0 atom stereocenters. The molecule has 4 heteroatoms. The van der Waals surface area contributed by atoms with Crippen LogP contribution in [0, 0.1) is 0 Å². The van der Waals surface area contributed by atoms with Crippen molar-refractivity contribution < 1.29 is 4.84 Å². The van der Waals surface area contributed by atoms with Crippen molar-refractivity contribution in [3.05, 3.63) is 29.8 Å². The van der Waals surface area contributed by atoms with Crippen LogP contribution in [-0.4, -0.2) is 37.9 Å². The van der Waals surface area contributed by atoms with Gasteiger partial charge in [-0.25, -0.2) is 0 Å². The van der Waals surface area contributed by atoms with Crippen molar-refractivity contribution in [1.29, 1.82) is 0 Å². The van der Waals surface area contributed by atoms with E-state index in [1.807, 2.05) is 50.2 Å². The fourth-order valence-corrected chi connectivity index (χ4v) is 1.18. The van der Waals surface area contributed by atoms with E-state index in [0.717, 1.165) is 23.5 Å². The van der Waals surface area contributed by atoms with E-state index in [-0.39, 0.29) is 0 Å². The van der Waals surface area contributed by atoms with Gasteiger partial charge in [-0.05, 0) is 33.2 Å². The van der Waals surface area contributed by atoms with Gasteiger partial charge in [0.05, 0.1) is 5.71 Å². The highest BCUT2D eigenvalue weighted by Gasteiger charge is 1.98. The zero-order valence-corrected chi connectivity index (χ0v) is 10.1. The van der Waals surface area contributed by atoms with Gasteiger partial charge >= 0.3 is 0 Å². The summed E-state index contributed by atoms with van der Waals surface area (Å²) in [5.74, 6) is 0. The zero-order chi connectivity index (χ0) is 12.0. The topological polar surface area (TPSA) is 50.8 Å². The van der Waals surface area contributed by atoms with Crippen LogP contribution in [0.2, 0.25) is 0 Å². The highest BCUT2D eigenvalue weighted by molar-refractivity contribution is 5.98. The van der Waals surface area contributed by atoms with Crippen molar-refractivity contribution in [2.45, 2.75) is 6.92 Å². The summed E-state index contributed by atoms with van der Waals surface area (Å²) in [5, 5.41) is 4.04. The Bertz CT molecular complexity index is 361. The summed E-state index contributed by atoms with van der Waals surface area (Å²) in [6.07, 6.45) is 0. The highest BCUT2D eigenvalue weighted by atomic mass is 16.6. The molecule has 0 aliphatic rings. The lowest BCUT2D eigenvalue weighted by molar-refractivity contribution is 0.126. The Hall–Kier alpha value is -1.55. The molecule has 0 saturated carbocycles. The molecule has 0 heterocycles. The molecule has 0 bridgehead atoms. The molecule has 0 saturated heterocycles. The maximum absolute atomic E-state index is 5.69. The van der Waals surface area contributed by atoms with Crippen LogP contribution in [-0.2, 0) is 4.84 Å². The van der Waals surface area contributed by atoms with Crippen molar-refractivity contribution in [3.8, 4) is 0 Å². The molecule has 0 spiro atoms. The van der Waals surface area contributed by atoms with E-state index in [2.05, 4.69) is 5.16 Å². The van der Waals surface area contributed by atoms with E-state index in [9.17, 15) is 0 Å². The first-order valence-electron chi connectivity index (χ1n) is 5.27. The normalized spacial score (nSPS) is 11.9. The van der Waals surface area contributed by atoms with Crippen molar-refractivity contribution in [3.63, 3.8) is 0 Å². The minimum absolute atomic E-state index is 0.590. The van der Waals surface area contributed by atoms with Crippen LogP contribution >= 0.6 is 0 Å². The molecule has 16 heavy (non-hydrogen) atoms. The second-order valence-corrected chi connectivity index (χ2v) is 3.94. The van der Waals surface area contributed by atoms with Gasteiger partial charge in [0.15, 0.2) is 0 Å². The molecule has 1 aromatic carbocycles. The Kier molecular flexibility index (Phi) is 4.79. The molecule has 0 aliphatic carbocycles. The Morgan fingerprint density at radius 2 is 2.19 bits per heavy atom. The first-order chi connectivity index (χ1) is 7.59. The molecule has 0 fully saturated rings. The summed E-state index contributed by atoms with van der Waals surface area (Å²) in [6.45, 7) is 3.35. The van der Waals surface area contributed by atoms with Gasteiger partial charge in [0.1, 0.15) is 6.61 Å². The number of rotatable bonds is 5. The van der Waals surface area contributed by atoms with Crippen LogP contribution in [0.4, 0.5) is 5.69 Å². The minimum Gasteiger partial charge on any atom is -0.399 e.